The van der Waals surface area contributed by atoms with Gasteiger partial charge in [-0.1, -0.05) is 6.07 Å². The van der Waals surface area contributed by atoms with Gasteiger partial charge in [-0.25, -0.2) is 4.98 Å². The molecule has 106 valence electrons. The Labute approximate surface area is 120 Å². The van der Waals surface area contributed by atoms with Gasteiger partial charge in [-0.15, -0.1) is 0 Å². The van der Waals surface area contributed by atoms with Crippen molar-refractivity contribution in [2.75, 3.05) is 13.1 Å². The molecule has 1 fully saturated rings. The summed E-state index contributed by atoms with van der Waals surface area (Å²) in [6, 6.07) is 4.18. The molecule has 4 nitrogen and oxygen atoms in total. The zero-order chi connectivity index (χ0) is 13.8. The summed E-state index contributed by atoms with van der Waals surface area (Å²) in [5.41, 5.74) is 1.31. The molecule has 3 heterocycles. The monoisotopic (exact) mass is 270 g/mol. The van der Waals surface area contributed by atoms with Gasteiger partial charge >= 0.3 is 0 Å². The van der Waals surface area contributed by atoms with Crippen molar-refractivity contribution in [2.45, 2.75) is 32.9 Å². The number of aryl methyl sites for hydroxylation is 1. The van der Waals surface area contributed by atoms with Crippen LogP contribution in [-0.4, -0.2) is 32.5 Å². The van der Waals surface area contributed by atoms with E-state index in [1.807, 2.05) is 24.7 Å². The first-order valence-electron chi connectivity index (χ1n) is 7.40. The fourth-order valence-corrected chi connectivity index (χ4v) is 3.07. The van der Waals surface area contributed by atoms with Gasteiger partial charge in [-0.2, -0.15) is 0 Å². The Morgan fingerprint density at radius 2 is 2.30 bits per heavy atom. The van der Waals surface area contributed by atoms with Crippen LogP contribution in [0.15, 0.2) is 36.9 Å². The zero-order valence-corrected chi connectivity index (χ0v) is 12.1. The van der Waals surface area contributed by atoms with Gasteiger partial charge < -0.3 is 4.57 Å². The van der Waals surface area contributed by atoms with Crippen LogP contribution >= 0.6 is 0 Å². The highest BCUT2D eigenvalue weighted by atomic mass is 15.1. The van der Waals surface area contributed by atoms with Crippen molar-refractivity contribution in [1.29, 1.82) is 0 Å². The van der Waals surface area contributed by atoms with E-state index in [0.29, 0.717) is 0 Å². The van der Waals surface area contributed by atoms with Crippen molar-refractivity contribution in [3.8, 4) is 0 Å². The van der Waals surface area contributed by atoms with Crippen molar-refractivity contribution in [2.24, 2.45) is 5.92 Å². The van der Waals surface area contributed by atoms with Gasteiger partial charge in [-0.05, 0) is 43.9 Å². The van der Waals surface area contributed by atoms with E-state index in [9.17, 15) is 0 Å². The van der Waals surface area contributed by atoms with E-state index in [1.165, 1.54) is 31.5 Å². The van der Waals surface area contributed by atoms with Gasteiger partial charge in [-0.3, -0.25) is 9.88 Å². The van der Waals surface area contributed by atoms with Crippen molar-refractivity contribution >= 4 is 0 Å². The molecular formula is C16H22N4. The van der Waals surface area contributed by atoms with E-state index < -0.39 is 0 Å². The molecule has 0 aliphatic carbocycles. The van der Waals surface area contributed by atoms with Crippen LogP contribution in [0.25, 0.3) is 0 Å². The van der Waals surface area contributed by atoms with Crippen LogP contribution in [0.5, 0.6) is 0 Å². The Hall–Kier alpha value is -1.68. The molecule has 1 aliphatic heterocycles. The number of pyridine rings is 1. The molecule has 1 atom stereocenters. The van der Waals surface area contributed by atoms with E-state index in [2.05, 4.69) is 38.6 Å². The topological polar surface area (TPSA) is 34.0 Å². The van der Waals surface area contributed by atoms with E-state index >= 15 is 0 Å². The number of likely N-dealkylation sites (tertiary alicyclic amines) is 1. The predicted molar refractivity (Wildman–Crippen MR) is 79.2 cm³/mol. The smallest absolute Gasteiger partial charge is 0.105 e. The lowest BCUT2D eigenvalue weighted by molar-refractivity contribution is 0.155. The maximum absolute atomic E-state index is 4.31. The second kappa shape index (κ2) is 6.18. The van der Waals surface area contributed by atoms with Gasteiger partial charge in [0, 0.05) is 44.4 Å². The standard InChI is InChI=1S/C16H22N4/c1-14-18-7-9-20(14)13-16-5-3-8-19(12-16)11-15-4-2-6-17-10-15/h2,4,6-7,9-10,16H,3,5,8,11-13H2,1H3. The zero-order valence-electron chi connectivity index (χ0n) is 12.1. The maximum Gasteiger partial charge on any atom is 0.105 e. The van der Waals surface area contributed by atoms with Crippen LogP contribution in [0.1, 0.15) is 24.2 Å². The van der Waals surface area contributed by atoms with E-state index in [0.717, 1.165) is 24.8 Å². The molecule has 2 aromatic heterocycles. The lowest BCUT2D eigenvalue weighted by atomic mass is 9.97. The van der Waals surface area contributed by atoms with Gasteiger partial charge in [0.05, 0.1) is 0 Å². The number of nitrogens with zero attached hydrogens (tertiary/aromatic N) is 4. The van der Waals surface area contributed by atoms with Crippen molar-refractivity contribution in [3.63, 3.8) is 0 Å². The molecule has 1 saturated heterocycles. The van der Waals surface area contributed by atoms with Crippen LogP contribution in [0.4, 0.5) is 0 Å². The van der Waals surface area contributed by atoms with Crippen LogP contribution in [-0.2, 0) is 13.1 Å². The Bertz CT molecular complexity index is 534. The van der Waals surface area contributed by atoms with Crippen LogP contribution < -0.4 is 0 Å². The Morgan fingerprint density at radius 1 is 1.35 bits per heavy atom. The summed E-state index contributed by atoms with van der Waals surface area (Å²) in [4.78, 5) is 11.1. The molecule has 1 aliphatic rings. The molecule has 0 aromatic carbocycles. The van der Waals surface area contributed by atoms with Crippen LogP contribution in [0.3, 0.4) is 0 Å². The number of piperidine rings is 1. The molecule has 1 unspecified atom stereocenters. The van der Waals surface area contributed by atoms with E-state index in [1.54, 1.807) is 0 Å². The molecule has 0 saturated carbocycles. The second-order valence-electron chi connectivity index (χ2n) is 5.73. The minimum atomic E-state index is 0.730. The molecule has 20 heavy (non-hydrogen) atoms. The second-order valence-corrected chi connectivity index (χ2v) is 5.73. The number of aromatic nitrogens is 3. The summed E-state index contributed by atoms with van der Waals surface area (Å²) in [6.07, 6.45) is 10.4. The van der Waals surface area contributed by atoms with Crippen LogP contribution in [0, 0.1) is 12.8 Å². The average molecular weight is 270 g/mol. The van der Waals surface area contributed by atoms with Gasteiger partial charge in [0.25, 0.3) is 0 Å². The minimum absolute atomic E-state index is 0.730. The number of hydrogen-bond donors (Lipinski definition) is 0. The Balaban J connectivity index is 1.58. The Morgan fingerprint density at radius 3 is 3.05 bits per heavy atom. The minimum Gasteiger partial charge on any atom is -0.335 e. The first kappa shape index (κ1) is 13.3. The molecular weight excluding hydrogens is 248 g/mol. The first-order chi connectivity index (χ1) is 9.81. The molecule has 0 amide bonds. The molecule has 0 radical (unpaired) electrons. The predicted octanol–water partition coefficient (Wildman–Crippen LogP) is 2.50. The molecule has 4 heteroatoms. The van der Waals surface area contributed by atoms with E-state index in [4.69, 9.17) is 0 Å². The van der Waals surface area contributed by atoms with E-state index in [-0.39, 0.29) is 0 Å². The lowest BCUT2D eigenvalue weighted by Gasteiger charge is -2.33. The van der Waals surface area contributed by atoms with Gasteiger partial charge in [0.2, 0.25) is 0 Å². The number of hydrogen-bond acceptors (Lipinski definition) is 3. The number of imidazole rings is 1. The fourth-order valence-electron chi connectivity index (χ4n) is 3.07. The third-order valence-electron chi connectivity index (χ3n) is 4.11. The highest BCUT2D eigenvalue weighted by Crippen LogP contribution is 2.20. The summed E-state index contributed by atoms with van der Waals surface area (Å²) in [6.45, 7) is 6.57. The van der Waals surface area contributed by atoms with Crippen molar-refractivity contribution in [1.82, 2.24) is 19.4 Å². The Kier molecular flexibility index (Phi) is 4.11. The quantitative estimate of drug-likeness (QED) is 0.856. The summed E-state index contributed by atoms with van der Waals surface area (Å²) >= 11 is 0. The third kappa shape index (κ3) is 3.25. The average Bonchev–Trinajstić information content (AvgIpc) is 2.86. The summed E-state index contributed by atoms with van der Waals surface area (Å²) < 4.78 is 2.28. The third-order valence-corrected chi connectivity index (χ3v) is 4.11. The van der Waals surface area contributed by atoms with Gasteiger partial charge in [0.1, 0.15) is 5.82 Å². The summed E-state index contributed by atoms with van der Waals surface area (Å²) in [5.74, 6) is 1.85. The summed E-state index contributed by atoms with van der Waals surface area (Å²) in [5, 5.41) is 0. The first-order valence-corrected chi connectivity index (χ1v) is 7.40. The molecule has 2 aromatic rings. The highest BCUT2D eigenvalue weighted by Gasteiger charge is 2.20. The highest BCUT2D eigenvalue weighted by molar-refractivity contribution is 5.08. The van der Waals surface area contributed by atoms with Crippen LogP contribution in [0.2, 0.25) is 0 Å². The van der Waals surface area contributed by atoms with Gasteiger partial charge in [0.15, 0.2) is 0 Å². The molecule has 0 bridgehead atoms. The molecule has 0 spiro atoms. The normalized spacial score (nSPS) is 20.1. The fraction of sp³-hybridized carbons (Fsp3) is 0.500. The molecule has 0 N–H and O–H groups in total. The SMILES string of the molecule is Cc1nccn1CC1CCCN(Cc2cccnc2)C1. The maximum atomic E-state index is 4.31. The number of rotatable bonds is 4. The largest absolute Gasteiger partial charge is 0.335 e. The summed E-state index contributed by atoms with van der Waals surface area (Å²) in [7, 11) is 0. The van der Waals surface area contributed by atoms with Crippen molar-refractivity contribution < 1.29 is 0 Å². The van der Waals surface area contributed by atoms with Crippen molar-refractivity contribution in [3.05, 3.63) is 48.3 Å². The molecule has 3 rings (SSSR count). The lowest BCUT2D eigenvalue weighted by Crippen LogP contribution is -2.36.